The fraction of sp³-hybridized carbons (Fsp3) is 0.308. The molecule has 5 nitrogen and oxygen atoms in total. The van der Waals surface area contributed by atoms with Gasteiger partial charge in [-0.05, 0) is 25.8 Å². The van der Waals surface area contributed by atoms with E-state index in [-0.39, 0.29) is 16.7 Å². The van der Waals surface area contributed by atoms with Gasteiger partial charge in [-0.3, -0.25) is 10.1 Å². The third kappa shape index (κ3) is 2.31. The van der Waals surface area contributed by atoms with E-state index in [2.05, 4.69) is 22.5 Å². The van der Waals surface area contributed by atoms with Crippen LogP contribution in [0.1, 0.15) is 17.8 Å². The van der Waals surface area contributed by atoms with Crippen LogP contribution in [0.3, 0.4) is 0 Å². The molecule has 3 rings (SSSR count). The minimum atomic E-state index is -0.334. The van der Waals surface area contributed by atoms with Crippen molar-refractivity contribution >= 4 is 32.9 Å². The highest BCUT2D eigenvalue weighted by Crippen LogP contribution is 2.34. The number of aryl methyl sites for hydroxylation is 1. The molecule has 0 amide bonds. The predicted octanol–water partition coefficient (Wildman–Crippen LogP) is 3.64. The first-order valence-electron chi connectivity index (χ1n) is 6.10. The van der Waals surface area contributed by atoms with Crippen molar-refractivity contribution in [2.75, 3.05) is 5.32 Å². The van der Waals surface area contributed by atoms with Crippen molar-refractivity contribution < 1.29 is 4.92 Å². The van der Waals surface area contributed by atoms with E-state index in [4.69, 9.17) is 0 Å². The summed E-state index contributed by atoms with van der Waals surface area (Å²) in [4.78, 5) is 15.2. The van der Waals surface area contributed by atoms with Gasteiger partial charge in [-0.1, -0.05) is 12.2 Å². The molecule has 0 atom stereocenters. The second-order valence-corrected chi connectivity index (χ2v) is 5.85. The average molecular weight is 275 g/mol. The highest BCUT2D eigenvalue weighted by molar-refractivity contribution is 7.18. The van der Waals surface area contributed by atoms with Crippen molar-refractivity contribution in [1.29, 1.82) is 0 Å². The molecule has 0 aliphatic heterocycles. The largest absolute Gasteiger partial charge is 0.376 e. The number of hydrogen-bond donors (Lipinski definition) is 1. The molecule has 1 aliphatic rings. The lowest BCUT2D eigenvalue weighted by Gasteiger charge is -2.13. The molecule has 0 unspecified atom stereocenters. The summed E-state index contributed by atoms with van der Waals surface area (Å²) in [6.45, 7) is 1.91. The van der Waals surface area contributed by atoms with Crippen LogP contribution in [0.5, 0.6) is 0 Å². The number of hydrogen-bond acceptors (Lipinski definition) is 5. The molecule has 0 spiro atoms. The first-order valence-corrected chi connectivity index (χ1v) is 6.92. The molecule has 0 fully saturated rings. The van der Waals surface area contributed by atoms with Crippen LogP contribution in [0.15, 0.2) is 24.3 Å². The van der Waals surface area contributed by atoms with Gasteiger partial charge < -0.3 is 5.32 Å². The fourth-order valence-corrected chi connectivity index (χ4v) is 3.14. The number of nitro benzene ring substituents is 1. The van der Waals surface area contributed by atoms with Gasteiger partial charge in [0.2, 0.25) is 0 Å². The summed E-state index contributed by atoms with van der Waals surface area (Å²) in [6, 6.07) is 3.65. The number of rotatable bonds is 3. The number of nitro groups is 1. The summed E-state index contributed by atoms with van der Waals surface area (Å²) in [5.41, 5.74) is 1.51. The van der Waals surface area contributed by atoms with Crippen LogP contribution in [0, 0.1) is 17.0 Å². The Hall–Kier alpha value is -1.95. The van der Waals surface area contributed by atoms with Gasteiger partial charge in [0.05, 0.1) is 20.1 Å². The number of fused-ring (bicyclic) bond motifs is 1. The van der Waals surface area contributed by atoms with E-state index in [1.165, 1.54) is 11.3 Å². The first-order chi connectivity index (χ1) is 9.13. The van der Waals surface area contributed by atoms with Crippen molar-refractivity contribution in [3.8, 4) is 0 Å². The Balaban J connectivity index is 2.03. The highest BCUT2D eigenvalue weighted by atomic mass is 32.1. The van der Waals surface area contributed by atoms with Crippen LogP contribution < -0.4 is 5.32 Å². The van der Waals surface area contributed by atoms with Gasteiger partial charge in [0.1, 0.15) is 5.69 Å². The highest BCUT2D eigenvalue weighted by Gasteiger charge is 2.20. The standard InChI is InChI=1S/C13H13N3O2S/c1-8-14-11-6-10(15-9-4-2-3-5-9)12(16(17)18)7-13(11)19-8/h2-3,6-7,9,15H,4-5H2,1H3. The Morgan fingerprint density at radius 1 is 1.42 bits per heavy atom. The topological polar surface area (TPSA) is 68.1 Å². The average Bonchev–Trinajstić information content (AvgIpc) is 2.95. The molecule has 1 aromatic heterocycles. The zero-order valence-corrected chi connectivity index (χ0v) is 11.2. The Bertz CT molecular complexity index is 670. The SMILES string of the molecule is Cc1nc2cc(NC3CC=CC3)c([N+](=O)[O-])cc2s1. The van der Waals surface area contributed by atoms with Gasteiger partial charge in [0.15, 0.2) is 0 Å². The van der Waals surface area contributed by atoms with Crippen LogP contribution in [0.2, 0.25) is 0 Å². The second kappa shape index (κ2) is 4.62. The van der Waals surface area contributed by atoms with Gasteiger partial charge in [-0.25, -0.2) is 4.98 Å². The molecule has 6 heteroatoms. The molecule has 19 heavy (non-hydrogen) atoms. The van der Waals surface area contributed by atoms with E-state index in [0.29, 0.717) is 5.69 Å². The van der Waals surface area contributed by atoms with E-state index in [1.807, 2.05) is 6.92 Å². The maximum atomic E-state index is 11.2. The number of anilines is 1. The Kier molecular flexibility index (Phi) is 2.94. The van der Waals surface area contributed by atoms with Crippen molar-refractivity contribution in [3.63, 3.8) is 0 Å². The smallest absolute Gasteiger partial charge is 0.293 e. The summed E-state index contributed by atoms with van der Waals surface area (Å²) in [5.74, 6) is 0. The monoisotopic (exact) mass is 275 g/mol. The Morgan fingerprint density at radius 3 is 2.84 bits per heavy atom. The van der Waals surface area contributed by atoms with Crippen molar-refractivity contribution in [3.05, 3.63) is 39.4 Å². The summed E-state index contributed by atoms with van der Waals surface area (Å²) < 4.78 is 0.860. The minimum Gasteiger partial charge on any atom is -0.376 e. The summed E-state index contributed by atoms with van der Waals surface area (Å²) >= 11 is 1.48. The van der Waals surface area contributed by atoms with Gasteiger partial charge >= 0.3 is 0 Å². The normalized spacial score (nSPS) is 15.2. The van der Waals surface area contributed by atoms with Gasteiger partial charge in [-0.15, -0.1) is 11.3 Å². The maximum absolute atomic E-state index is 11.2. The molecule has 1 aromatic carbocycles. The molecular weight excluding hydrogens is 262 g/mol. The van der Waals surface area contributed by atoms with Gasteiger partial charge in [-0.2, -0.15) is 0 Å². The lowest BCUT2D eigenvalue weighted by atomic mass is 10.2. The van der Waals surface area contributed by atoms with E-state index in [0.717, 1.165) is 28.1 Å². The van der Waals surface area contributed by atoms with Crippen LogP contribution in [-0.4, -0.2) is 15.9 Å². The van der Waals surface area contributed by atoms with Crippen molar-refractivity contribution in [1.82, 2.24) is 4.98 Å². The van der Waals surface area contributed by atoms with Crippen LogP contribution in [-0.2, 0) is 0 Å². The summed E-state index contributed by atoms with van der Waals surface area (Å²) in [5, 5.41) is 15.4. The lowest BCUT2D eigenvalue weighted by molar-refractivity contribution is -0.383. The van der Waals surface area contributed by atoms with E-state index in [1.54, 1.807) is 12.1 Å². The molecular formula is C13H13N3O2S. The molecule has 0 saturated heterocycles. The second-order valence-electron chi connectivity index (χ2n) is 4.61. The zero-order valence-electron chi connectivity index (χ0n) is 10.4. The molecule has 1 N–H and O–H groups in total. The minimum absolute atomic E-state index is 0.128. The Morgan fingerprint density at radius 2 is 2.16 bits per heavy atom. The fourth-order valence-electron chi connectivity index (χ4n) is 2.30. The van der Waals surface area contributed by atoms with E-state index >= 15 is 0 Å². The third-order valence-electron chi connectivity index (χ3n) is 3.18. The van der Waals surface area contributed by atoms with Crippen molar-refractivity contribution in [2.45, 2.75) is 25.8 Å². The molecule has 0 radical (unpaired) electrons. The molecule has 1 aliphatic carbocycles. The van der Waals surface area contributed by atoms with Crippen LogP contribution >= 0.6 is 11.3 Å². The van der Waals surface area contributed by atoms with Crippen LogP contribution in [0.25, 0.3) is 10.2 Å². The Labute approximate surface area is 114 Å². The molecule has 2 aromatic rings. The third-order valence-corrected chi connectivity index (χ3v) is 4.11. The zero-order chi connectivity index (χ0) is 13.4. The van der Waals surface area contributed by atoms with E-state index < -0.39 is 0 Å². The summed E-state index contributed by atoms with van der Waals surface area (Å²) in [6.07, 6.45) is 6.00. The van der Waals surface area contributed by atoms with Crippen molar-refractivity contribution in [2.24, 2.45) is 0 Å². The molecule has 0 saturated carbocycles. The number of aromatic nitrogens is 1. The van der Waals surface area contributed by atoms with E-state index in [9.17, 15) is 10.1 Å². The summed E-state index contributed by atoms with van der Waals surface area (Å²) in [7, 11) is 0. The first kappa shape index (κ1) is 12.1. The van der Waals surface area contributed by atoms with Gasteiger partial charge in [0, 0.05) is 12.1 Å². The number of nitrogens with one attached hydrogen (secondary N) is 1. The predicted molar refractivity (Wildman–Crippen MR) is 76.8 cm³/mol. The number of nitrogens with zero attached hydrogens (tertiary/aromatic N) is 2. The molecule has 98 valence electrons. The van der Waals surface area contributed by atoms with Gasteiger partial charge in [0.25, 0.3) is 5.69 Å². The maximum Gasteiger partial charge on any atom is 0.293 e. The quantitative estimate of drug-likeness (QED) is 0.527. The molecule has 0 bridgehead atoms. The number of thiazole rings is 1. The number of benzene rings is 1. The van der Waals surface area contributed by atoms with Crippen LogP contribution in [0.4, 0.5) is 11.4 Å². The molecule has 1 heterocycles. The lowest BCUT2D eigenvalue weighted by Crippen LogP contribution is -2.15.